The predicted octanol–water partition coefficient (Wildman–Crippen LogP) is 0.0970. The van der Waals surface area contributed by atoms with E-state index in [4.69, 9.17) is 0 Å². The van der Waals surface area contributed by atoms with Crippen LogP contribution in [0, 0.1) is 0 Å². The second-order valence-electron chi connectivity index (χ2n) is 6.71. The van der Waals surface area contributed by atoms with Crippen LogP contribution in [-0.2, 0) is 0 Å². The summed E-state index contributed by atoms with van der Waals surface area (Å²) < 4.78 is 0. The van der Waals surface area contributed by atoms with Crippen LogP contribution in [-0.4, -0.2) is 113 Å². The van der Waals surface area contributed by atoms with Crippen molar-refractivity contribution in [3.05, 3.63) is 0 Å². The number of nitrogens with zero attached hydrogens (tertiary/aromatic N) is 4. The molecule has 1 heterocycles. The third kappa shape index (κ3) is 10.2. The molecule has 5 heteroatoms. The van der Waals surface area contributed by atoms with E-state index < -0.39 is 0 Å². The smallest absolute Gasteiger partial charge is 0.0110 e. The zero-order valence-corrected chi connectivity index (χ0v) is 14.8. The molecule has 0 spiro atoms. The van der Waals surface area contributed by atoms with Gasteiger partial charge in [-0.15, -0.1) is 0 Å². The molecule has 0 atom stereocenters. The summed E-state index contributed by atoms with van der Waals surface area (Å²) in [5, 5.41) is 3.59. The highest BCUT2D eigenvalue weighted by Crippen LogP contribution is 1.97. The molecular weight excluding hydrogens is 262 g/mol. The lowest BCUT2D eigenvalue weighted by atomic mass is 10.3. The maximum Gasteiger partial charge on any atom is 0.0110 e. The Labute approximate surface area is 132 Å². The van der Waals surface area contributed by atoms with Gasteiger partial charge < -0.3 is 24.9 Å². The maximum absolute atomic E-state index is 3.59. The molecule has 1 fully saturated rings. The minimum absolute atomic E-state index is 1.12. The zero-order chi connectivity index (χ0) is 15.5. The van der Waals surface area contributed by atoms with Crippen LogP contribution >= 0.6 is 0 Å². The normalized spacial score (nSPS) is 23.3. The molecule has 0 unspecified atom stereocenters. The van der Waals surface area contributed by atoms with E-state index in [1.165, 1.54) is 58.7 Å². The summed E-state index contributed by atoms with van der Waals surface area (Å²) in [6.45, 7) is 11.8. The quantitative estimate of drug-likeness (QED) is 0.797. The Kier molecular flexibility index (Phi) is 10.2. The fourth-order valence-corrected chi connectivity index (χ4v) is 2.64. The van der Waals surface area contributed by atoms with Gasteiger partial charge in [0.15, 0.2) is 0 Å². The fraction of sp³-hybridized carbons (Fsp3) is 1.00. The minimum Gasteiger partial charge on any atom is -0.315 e. The third-order valence-corrected chi connectivity index (χ3v) is 4.24. The van der Waals surface area contributed by atoms with E-state index in [2.05, 4.69) is 53.1 Å². The van der Waals surface area contributed by atoms with Gasteiger partial charge >= 0.3 is 0 Å². The van der Waals surface area contributed by atoms with E-state index in [1.807, 2.05) is 0 Å². The van der Waals surface area contributed by atoms with Crippen molar-refractivity contribution in [2.24, 2.45) is 0 Å². The largest absolute Gasteiger partial charge is 0.315 e. The lowest BCUT2D eigenvalue weighted by Gasteiger charge is -2.27. The first kappa shape index (κ1) is 18.8. The maximum atomic E-state index is 3.59. The second-order valence-corrected chi connectivity index (χ2v) is 6.71. The lowest BCUT2D eigenvalue weighted by molar-refractivity contribution is 0.209. The molecule has 0 amide bonds. The predicted molar refractivity (Wildman–Crippen MR) is 92.1 cm³/mol. The fourth-order valence-electron chi connectivity index (χ4n) is 2.64. The SMILES string of the molecule is CN(C)CCN1CCCN(C)CCN(C)CCCNCC1. The first-order valence-corrected chi connectivity index (χ1v) is 8.53. The topological polar surface area (TPSA) is 25.0 Å². The molecule has 1 rings (SSSR count). The summed E-state index contributed by atoms with van der Waals surface area (Å²) >= 11 is 0. The van der Waals surface area contributed by atoms with Crippen molar-refractivity contribution in [1.29, 1.82) is 0 Å². The highest BCUT2D eigenvalue weighted by molar-refractivity contribution is 4.66. The molecular formula is C16H37N5. The molecule has 1 aliphatic heterocycles. The molecule has 1 saturated heterocycles. The van der Waals surface area contributed by atoms with E-state index in [-0.39, 0.29) is 0 Å². The summed E-state index contributed by atoms with van der Waals surface area (Å²) in [5.41, 5.74) is 0. The first-order valence-electron chi connectivity index (χ1n) is 8.53. The molecule has 126 valence electrons. The van der Waals surface area contributed by atoms with Crippen LogP contribution in [0.1, 0.15) is 12.8 Å². The van der Waals surface area contributed by atoms with Crippen molar-refractivity contribution in [3.63, 3.8) is 0 Å². The van der Waals surface area contributed by atoms with E-state index >= 15 is 0 Å². The van der Waals surface area contributed by atoms with Gasteiger partial charge in [-0.25, -0.2) is 0 Å². The minimum atomic E-state index is 1.12. The van der Waals surface area contributed by atoms with Crippen molar-refractivity contribution in [2.45, 2.75) is 12.8 Å². The van der Waals surface area contributed by atoms with Crippen molar-refractivity contribution in [1.82, 2.24) is 24.9 Å². The van der Waals surface area contributed by atoms with Crippen LogP contribution < -0.4 is 5.32 Å². The van der Waals surface area contributed by atoms with Gasteiger partial charge in [0, 0.05) is 39.3 Å². The summed E-state index contributed by atoms with van der Waals surface area (Å²) in [6, 6.07) is 0. The van der Waals surface area contributed by atoms with Crippen molar-refractivity contribution in [2.75, 3.05) is 93.6 Å². The molecule has 0 aliphatic carbocycles. The van der Waals surface area contributed by atoms with Crippen molar-refractivity contribution >= 4 is 0 Å². The van der Waals surface area contributed by atoms with E-state index in [0.29, 0.717) is 0 Å². The Morgan fingerprint density at radius 2 is 1.48 bits per heavy atom. The Morgan fingerprint density at radius 3 is 2.14 bits per heavy atom. The van der Waals surface area contributed by atoms with Crippen LogP contribution in [0.5, 0.6) is 0 Å². The third-order valence-electron chi connectivity index (χ3n) is 4.24. The number of likely N-dealkylation sites (N-methyl/N-ethyl adjacent to an activating group) is 3. The highest BCUT2D eigenvalue weighted by atomic mass is 15.2. The van der Waals surface area contributed by atoms with Crippen LogP contribution in [0.2, 0.25) is 0 Å². The molecule has 5 nitrogen and oxygen atoms in total. The van der Waals surface area contributed by atoms with Gasteiger partial charge in [-0.1, -0.05) is 0 Å². The second kappa shape index (κ2) is 11.4. The first-order chi connectivity index (χ1) is 10.1. The molecule has 0 saturated carbocycles. The van der Waals surface area contributed by atoms with Gasteiger partial charge in [0.25, 0.3) is 0 Å². The Bertz CT molecular complexity index is 247. The van der Waals surface area contributed by atoms with Gasteiger partial charge in [0.05, 0.1) is 0 Å². The lowest BCUT2D eigenvalue weighted by Crippen LogP contribution is -2.40. The Morgan fingerprint density at radius 1 is 0.810 bits per heavy atom. The summed E-state index contributed by atoms with van der Waals surface area (Å²) in [4.78, 5) is 9.82. The van der Waals surface area contributed by atoms with Crippen LogP contribution in [0.3, 0.4) is 0 Å². The van der Waals surface area contributed by atoms with Gasteiger partial charge in [0.2, 0.25) is 0 Å². The monoisotopic (exact) mass is 299 g/mol. The van der Waals surface area contributed by atoms with Crippen molar-refractivity contribution < 1.29 is 0 Å². The molecule has 0 aromatic carbocycles. The van der Waals surface area contributed by atoms with E-state index in [0.717, 1.165) is 19.6 Å². The van der Waals surface area contributed by atoms with Crippen LogP contribution in [0.15, 0.2) is 0 Å². The average molecular weight is 300 g/mol. The average Bonchev–Trinajstić information content (AvgIpc) is 2.44. The molecule has 0 radical (unpaired) electrons. The van der Waals surface area contributed by atoms with Gasteiger partial charge in [-0.3, -0.25) is 0 Å². The highest BCUT2D eigenvalue weighted by Gasteiger charge is 2.08. The summed E-state index contributed by atoms with van der Waals surface area (Å²) in [5.74, 6) is 0. The molecule has 1 aliphatic rings. The summed E-state index contributed by atoms with van der Waals surface area (Å²) in [6.07, 6.45) is 2.52. The van der Waals surface area contributed by atoms with Gasteiger partial charge in [-0.2, -0.15) is 0 Å². The van der Waals surface area contributed by atoms with E-state index in [9.17, 15) is 0 Å². The molecule has 21 heavy (non-hydrogen) atoms. The van der Waals surface area contributed by atoms with E-state index in [1.54, 1.807) is 0 Å². The molecule has 0 aromatic heterocycles. The number of rotatable bonds is 3. The van der Waals surface area contributed by atoms with Crippen LogP contribution in [0.4, 0.5) is 0 Å². The Hall–Kier alpha value is -0.200. The molecule has 0 bridgehead atoms. The molecule has 0 aromatic rings. The molecule has 1 N–H and O–H groups in total. The van der Waals surface area contributed by atoms with Gasteiger partial charge in [0.1, 0.15) is 0 Å². The number of hydrogen-bond acceptors (Lipinski definition) is 5. The van der Waals surface area contributed by atoms with Gasteiger partial charge in [-0.05, 0) is 67.2 Å². The standard InChI is InChI=1S/C16H37N5/c1-18(2)13-16-21-11-6-10-20(4)15-14-19(3)9-5-7-17-8-12-21/h17H,5-16H2,1-4H3. The summed E-state index contributed by atoms with van der Waals surface area (Å²) in [7, 11) is 8.81. The van der Waals surface area contributed by atoms with Crippen molar-refractivity contribution in [3.8, 4) is 0 Å². The number of hydrogen-bond donors (Lipinski definition) is 1. The zero-order valence-electron chi connectivity index (χ0n) is 14.8. The Balaban J connectivity index is 2.37. The van der Waals surface area contributed by atoms with Crippen LogP contribution in [0.25, 0.3) is 0 Å². The number of nitrogens with one attached hydrogen (secondary N) is 1.